The normalized spacial score (nSPS) is 17.9. The summed E-state index contributed by atoms with van der Waals surface area (Å²) in [5.74, 6) is 0.444. The number of carbonyl (C=O) groups is 2. The summed E-state index contributed by atoms with van der Waals surface area (Å²) in [7, 11) is 0. The van der Waals surface area contributed by atoms with Crippen molar-refractivity contribution in [2.75, 3.05) is 13.2 Å². The van der Waals surface area contributed by atoms with Gasteiger partial charge < -0.3 is 25.0 Å². The summed E-state index contributed by atoms with van der Waals surface area (Å²) in [5, 5.41) is 25.3. The van der Waals surface area contributed by atoms with E-state index >= 15 is 0 Å². The van der Waals surface area contributed by atoms with E-state index in [1.54, 1.807) is 16.2 Å². The molecule has 3 heterocycles. The van der Waals surface area contributed by atoms with Gasteiger partial charge in [-0.15, -0.1) is 11.3 Å². The fourth-order valence-corrected chi connectivity index (χ4v) is 5.35. The third-order valence-electron chi connectivity index (χ3n) is 6.49. The van der Waals surface area contributed by atoms with E-state index in [2.05, 4.69) is 15.5 Å². The summed E-state index contributed by atoms with van der Waals surface area (Å²) in [4.78, 5) is 30.2. The van der Waals surface area contributed by atoms with Crippen molar-refractivity contribution in [3.8, 4) is 10.4 Å². The highest BCUT2D eigenvalue weighted by Crippen LogP contribution is 2.31. The molecule has 0 spiro atoms. The topological polar surface area (TPSA) is 129 Å². The summed E-state index contributed by atoms with van der Waals surface area (Å²) >= 11 is 1.60. The Kier molecular flexibility index (Phi) is 12.8. The molecule has 1 fully saturated rings. The van der Waals surface area contributed by atoms with Gasteiger partial charge in [-0.2, -0.15) is 0 Å². The monoisotopic (exact) mass is 558 g/mol. The standard InChI is InChI=1S/C14H22N2O3.C13H14N2O2S.C2H6/c1-8(2)13(12-5-9(3)15-19-12)14(18)16-7-11(17)6-10(16)4;1-9-13(18-8-15-9)11-4-2-10(3-5-11)12(6-16)14-7-17;1-2/h5,8,10-11,13,17H,6-7H2,1-4H3;2-5,7-8,12,16H,6H2,1H3,(H,14,17);1-2H3. The van der Waals surface area contributed by atoms with Crippen LogP contribution in [0.1, 0.15) is 75.7 Å². The molecule has 3 aromatic rings. The Bertz CT molecular complexity index is 1160. The van der Waals surface area contributed by atoms with E-state index in [0.29, 0.717) is 25.1 Å². The molecular weight excluding hydrogens is 516 g/mol. The van der Waals surface area contributed by atoms with Crippen LogP contribution in [0.4, 0.5) is 0 Å². The summed E-state index contributed by atoms with van der Waals surface area (Å²) in [6.45, 7) is 14.1. The Labute approximate surface area is 235 Å². The van der Waals surface area contributed by atoms with Gasteiger partial charge in [0.15, 0.2) is 0 Å². The molecule has 1 aromatic carbocycles. The third kappa shape index (κ3) is 8.45. The van der Waals surface area contributed by atoms with E-state index in [4.69, 9.17) is 4.52 Å². The first-order valence-electron chi connectivity index (χ1n) is 13.4. The third-order valence-corrected chi connectivity index (χ3v) is 7.47. The summed E-state index contributed by atoms with van der Waals surface area (Å²) < 4.78 is 5.27. The van der Waals surface area contributed by atoms with Crippen LogP contribution in [-0.2, 0) is 9.59 Å². The van der Waals surface area contributed by atoms with Crippen molar-refractivity contribution in [1.82, 2.24) is 20.4 Å². The average Bonchev–Trinajstić information content (AvgIpc) is 3.63. The Morgan fingerprint density at radius 3 is 2.36 bits per heavy atom. The molecule has 1 aliphatic heterocycles. The lowest BCUT2D eigenvalue weighted by molar-refractivity contribution is -0.135. The molecule has 0 saturated carbocycles. The number of benzene rings is 1. The number of aryl methyl sites for hydroxylation is 2. The van der Waals surface area contributed by atoms with E-state index in [0.717, 1.165) is 27.4 Å². The van der Waals surface area contributed by atoms with Crippen molar-refractivity contribution in [2.45, 2.75) is 79.0 Å². The number of hydrogen-bond donors (Lipinski definition) is 3. The summed E-state index contributed by atoms with van der Waals surface area (Å²) in [5.41, 5.74) is 5.60. The summed E-state index contributed by atoms with van der Waals surface area (Å²) in [6.07, 6.45) is 0.830. The molecule has 10 heteroatoms. The zero-order valence-corrected chi connectivity index (χ0v) is 24.7. The second-order valence-corrected chi connectivity index (χ2v) is 10.6. The van der Waals surface area contributed by atoms with Gasteiger partial charge in [-0.25, -0.2) is 4.98 Å². The van der Waals surface area contributed by atoms with Crippen LogP contribution in [0.2, 0.25) is 0 Å². The predicted molar refractivity (Wildman–Crippen MR) is 153 cm³/mol. The number of aromatic nitrogens is 2. The molecule has 1 aliphatic rings. The first-order valence-corrected chi connectivity index (χ1v) is 14.3. The molecule has 4 atom stereocenters. The minimum atomic E-state index is -0.414. The number of rotatable bonds is 8. The lowest BCUT2D eigenvalue weighted by atomic mass is 9.91. The smallest absolute Gasteiger partial charge is 0.234 e. The van der Waals surface area contributed by atoms with E-state index < -0.39 is 6.10 Å². The first-order chi connectivity index (χ1) is 18.7. The van der Waals surface area contributed by atoms with Gasteiger partial charge in [-0.1, -0.05) is 57.1 Å². The Balaban J connectivity index is 0.000000258. The predicted octanol–water partition coefficient (Wildman–Crippen LogP) is 4.63. The van der Waals surface area contributed by atoms with Crippen LogP contribution in [0.3, 0.4) is 0 Å². The van der Waals surface area contributed by atoms with Crippen molar-refractivity contribution in [3.63, 3.8) is 0 Å². The molecular formula is C29H42N4O5S. The Hall–Kier alpha value is -3.08. The van der Waals surface area contributed by atoms with Gasteiger partial charge in [0.25, 0.3) is 0 Å². The SMILES string of the molecule is CC.Cc1cc(C(C(=O)N2CC(O)CC2C)C(C)C)on1.Cc1ncsc1-c1ccc(C(CO)NC=O)cc1. The second kappa shape index (κ2) is 15.5. The van der Waals surface area contributed by atoms with Crippen LogP contribution in [0, 0.1) is 19.8 Å². The van der Waals surface area contributed by atoms with Crippen molar-refractivity contribution >= 4 is 23.7 Å². The molecule has 214 valence electrons. The largest absolute Gasteiger partial charge is 0.394 e. The van der Waals surface area contributed by atoms with Crippen LogP contribution in [0.5, 0.6) is 0 Å². The van der Waals surface area contributed by atoms with Gasteiger partial charge in [0, 0.05) is 18.7 Å². The van der Waals surface area contributed by atoms with Gasteiger partial charge >= 0.3 is 0 Å². The molecule has 2 aromatic heterocycles. The number of nitrogens with one attached hydrogen (secondary N) is 1. The number of aliphatic hydroxyl groups is 2. The zero-order valence-electron chi connectivity index (χ0n) is 23.9. The molecule has 4 unspecified atom stereocenters. The second-order valence-electron chi connectivity index (χ2n) is 9.73. The number of hydrogen-bond acceptors (Lipinski definition) is 8. The van der Waals surface area contributed by atoms with E-state index in [9.17, 15) is 19.8 Å². The van der Waals surface area contributed by atoms with Crippen LogP contribution in [0.15, 0.2) is 40.4 Å². The fraction of sp³-hybridized carbons (Fsp3) is 0.517. The quantitative estimate of drug-likeness (QED) is 0.344. The highest BCUT2D eigenvalue weighted by molar-refractivity contribution is 7.13. The molecule has 4 rings (SSSR count). The van der Waals surface area contributed by atoms with E-state index in [-0.39, 0.29) is 36.4 Å². The number of nitrogens with zero attached hydrogens (tertiary/aromatic N) is 3. The maximum Gasteiger partial charge on any atom is 0.234 e. The zero-order chi connectivity index (χ0) is 29.1. The molecule has 0 aliphatic carbocycles. The number of aliphatic hydroxyl groups excluding tert-OH is 2. The fourth-order valence-electron chi connectivity index (χ4n) is 4.54. The van der Waals surface area contributed by atoms with Gasteiger partial charge in [0.05, 0.1) is 40.5 Å². The van der Waals surface area contributed by atoms with Crippen molar-refractivity contribution in [3.05, 3.63) is 58.6 Å². The maximum absolute atomic E-state index is 12.7. The maximum atomic E-state index is 12.7. The highest BCUT2D eigenvalue weighted by Gasteiger charge is 2.38. The van der Waals surface area contributed by atoms with Crippen LogP contribution < -0.4 is 5.32 Å². The van der Waals surface area contributed by atoms with Gasteiger partial charge in [0.1, 0.15) is 11.7 Å². The number of amides is 2. The lowest BCUT2D eigenvalue weighted by Gasteiger charge is -2.27. The molecule has 39 heavy (non-hydrogen) atoms. The van der Waals surface area contributed by atoms with Crippen LogP contribution in [-0.4, -0.2) is 62.9 Å². The molecule has 0 radical (unpaired) electrons. The van der Waals surface area contributed by atoms with Crippen LogP contribution >= 0.6 is 11.3 Å². The Morgan fingerprint density at radius 2 is 1.92 bits per heavy atom. The minimum Gasteiger partial charge on any atom is -0.394 e. The first kappa shape index (κ1) is 32.1. The molecule has 0 bridgehead atoms. The summed E-state index contributed by atoms with van der Waals surface area (Å²) in [6, 6.07) is 9.32. The molecule has 2 amide bonds. The lowest BCUT2D eigenvalue weighted by Crippen LogP contribution is -2.39. The van der Waals surface area contributed by atoms with Crippen molar-refractivity contribution in [1.29, 1.82) is 0 Å². The van der Waals surface area contributed by atoms with Crippen molar-refractivity contribution in [2.24, 2.45) is 5.92 Å². The van der Waals surface area contributed by atoms with Gasteiger partial charge in [-0.3, -0.25) is 9.59 Å². The number of carbonyl (C=O) groups excluding carboxylic acids is 2. The number of thiazole rings is 1. The average molecular weight is 559 g/mol. The van der Waals surface area contributed by atoms with Crippen molar-refractivity contribution < 1.29 is 24.3 Å². The highest BCUT2D eigenvalue weighted by atomic mass is 32.1. The van der Waals surface area contributed by atoms with Crippen LogP contribution in [0.25, 0.3) is 10.4 Å². The molecule has 3 N–H and O–H groups in total. The number of β-amino-alcohol motifs (C(OH)–C–C–N with tert-alkyl or cyclic N) is 1. The molecule has 1 saturated heterocycles. The van der Waals surface area contributed by atoms with Gasteiger partial charge in [-0.05, 0) is 44.2 Å². The Morgan fingerprint density at radius 1 is 1.26 bits per heavy atom. The number of likely N-dealkylation sites (tertiary alicyclic amines) is 1. The van der Waals surface area contributed by atoms with E-state index in [1.807, 2.05) is 84.3 Å². The molecule has 9 nitrogen and oxygen atoms in total. The van der Waals surface area contributed by atoms with Gasteiger partial charge in [0.2, 0.25) is 12.3 Å². The van der Waals surface area contributed by atoms with E-state index in [1.165, 1.54) is 0 Å². The minimum absolute atomic E-state index is 0.0233.